The van der Waals surface area contributed by atoms with Gasteiger partial charge in [0.1, 0.15) is 5.75 Å². The van der Waals surface area contributed by atoms with Crippen molar-refractivity contribution in [1.82, 2.24) is 19.9 Å². The van der Waals surface area contributed by atoms with Gasteiger partial charge in [-0.25, -0.2) is 0 Å². The maximum absolute atomic E-state index is 13.3. The van der Waals surface area contributed by atoms with E-state index in [0.29, 0.717) is 29.8 Å². The van der Waals surface area contributed by atoms with Crippen LogP contribution in [-0.4, -0.2) is 72.2 Å². The lowest BCUT2D eigenvalue weighted by Gasteiger charge is -2.39. The molecule has 0 aliphatic carbocycles. The van der Waals surface area contributed by atoms with Crippen LogP contribution in [0.2, 0.25) is 5.02 Å². The third-order valence-corrected chi connectivity index (χ3v) is 7.03. The second-order valence-corrected chi connectivity index (χ2v) is 9.54. The van der Waals surface area contributed by atoms with E-state index >= 15 is 0 Å². The summed E-state index contributed by atoms with van der Waals surface area (Å²) in [6, 6.07) is 15.5. The summed E-state index contributed by atoms with van der Waals surface area (Å²) < 4.78 is 10.7. The molecule has 2 fully saturated rings. The minimum Gasteiger partial charge on any atom is -0.497 e. The molecule has 1 amide bonds. The number of benzene rings is 2. The van der Waals surface area contributed by atoms with Crippen molar-refractivity contribution in [2.75, 3.05) is 51.3 Å². The molecular weight excluding hydrogens is 466 g/mol. The fraction of sp³-hybridized carbons (Fsp3) is 0.423. The van der Waals surface area contributed by atoms with Crippen LogP contribution < -0.4 is 9.64 Å². The monoisotopic (exact) mass is 495 g/mol. The van der Waals surface area contributed by atoms with Crippen LogP contribution >= 0.6 is 11.6 Å². The summed E-state index contributed by atoms with van der Waals surface area (Å²) in [5.41, 5.74) is 1.99. The highest BCUT2D eigenvalue weighted by Crippen LogP contribution is 2.25. The number of halogens is 1. The topological polar surface area (TPSA) is 74.9 Å². The Morgan fingerprint density at radius 2 is 1.91 bits per heavy atom. The standard InChI is InChI=1S/C26H30ClN5O3/c1-34-23-9-7-22(8-10-23)31-12-14-32(15-13-31)26(33)20-5-3-11-30(17-20)18-24-28-25(29-35-24)19-4-2-6-21(27)16-19/h2,4,6-10,16,20H,3,5,11-15,17-18H2,1H3. The number of ether oxygens (including phenoxy) is 1. The van der Waals surface area contributed by atoms with Crippen molar-refractivity contribution in [2.24, 2.45) is 5.92 Å². The summed E-state index contributed by atoms with van der Waals surface area (Å²) >= 11 is 6.08. The number of hydrogen-bond acceptors (Lipinski definition) is 7. The predicted molar refractivity (Wildman–Crippen MR) is 135 cm³/mol. The first kappa shape index (κ1) is 23.6. The maximum Gasteiger partial charge on any atom is 0.241 e. The van der Waals surface area contributed by atoms with Crippen LogP contribution in [0.15, 0.2) is 53.1 Å². The molecule has 2 aliphatic heterocycles. The summed E-state index contributed by atoms with van der Waals surface area (Å²) in [5.74, 6) is 2.20. The molecule has 0 saturated carbocycles. The van der Waals surface area contributed by atoms with Gasteiger partial charge in [0.2, 0.25) is 17.6 Å². The molecule has 8 nitrogen and oxygen atoms in total. The third-order valence-electron chi connectivity index (χ3n) is 6.79. The fourth-order valence-corrected chi connectivity index (χ4v) is 5.08. The van der Waals surface area contributed by atoms with Gasteiger partial charge in [-0.1, -0.05) is 28.9 Å². The normalized spacial score (nSPS) is 19.1. The van der Waals surface area contributed by atoms with E-state index in [1.54, 1.807) is 7.11 Å². The summed E-state index contributed by atoms with van der Waals surface area (Å²) in [6.07, 6.45) is 1.91. The van der Waals surface area contributed by atoms with Crippen LogP contribution in [0.25, 0.3) is 11.4 Å². The molecule has 5 rings (SSSR count). The number of methoxy groups -OCH3 is 1. The first-order valence-electron chi connectivity index (χ1n) is 12.1. The molecule has 2 aliphatic rings. The van der Waals surface area contributed by atoms with Crippen molar-refractivity contribution in [2.45, 2.75) is 19.4 Å². The average molecular weight is 496 g/mol. The van der Waals surface area contributed by atoms with Gasteiger partial charge in [0.05, 0.1) is 19.6 Å². The molecular formula is C26H30ClN5O3. The second kappa shape index (κ2) is 10.7. The van der Waals surface area contributed by atoms with Gasteiger partial charge in [-0.2, -0.15) is 4.98 Å². The SMILES string of the molecule is COc1ccc(N2CCN(C(=O)C3CCCN(Cc4nc(-c5cccc(Cl)c5)no4)C3)CC2)cc1. The van der Waals surface area contributed by atoms with E-state index in [1.165, 1.54) is 5.69 Å². The lowest BCUT2D eigenvalue weighted by atomic mass is 9.96. The van der Waals surface area contributed by atoms with Crippen LogP contribution in [-0.2, 0) is 11.3 Å². The van der Waals surface area contributed by atoms with E-state index in [4.69, 9.17) is 20.9 Å². The number of piperidine rings is 1. The number of amides is 1. The molecule has 0 spiro atoms. The molecule has 2 aromatic carbocycles. The van der Waals surface area contributed by atoms with Gasteiger partial charge in [0.15, 0.2) is 0 Å². The van der Waals surface area contributed by atoms with Gasteiger partial charge in [-0.05, 0) is 55.8 Å². The van der Waals surface area contributed by atoms with E-state index in [9.17, 15) is 4.79 Å². The van der Waals surface area contributed by atoms with Crippen LogP contribution in [0.4, 0.5) is 5.69 Å². The Bertz CT molecular complexity index is 1140. The van der Waals surface area contributed by atoms with E-state index in [-0.39, 0.29) is 11.8 Å². The molecule has 184 valence electrons. The molecule has 3 heterocycles. The Balaban J connectivity index is 1.14. The van der Waals surface area contributed by atoms with Crippen molar-refractivity contribution in [1.29, 1.82) is 0 Å². The number of anilines is 1. The highest BCUT2D eigenvalue weighted by Gasteiger charge is 2.31. The Labute approximate surface area is 210 Å². The maximum atomic E-state index is 13.3. The molecule has 35 heavy (non-hydrogen) atoms. The number of piperazine rings is 1. The van der Waals surface area contributed by atoms with Crippen LogP contribution in [0.3, 0.4) is 0 Å². The Hall–Kier alpha value is -3.10. The minimum absolute atomic E-state index is 0.00612. The van der Waals surface area contributed by atoms with Gasteiger partial charge >= 0.3 is 0 Å². The second-order valence-electron chi connectivity index (χ2n) is 9.11. The highest BCUT2D eigenvalue weighted by molar-refractivity contribution is 6.30. The average Bonchev–Trinajstić information content (AvgIpc) is 3.37. The molecule has 1 unspecified atom stereocenters. The van der Waals surface area contributed by atoms with Crippen molar-refractivity contribution in [3.63, 3.8) is 0 Å². The highest BCUT2D eigenvalue weighted by atomic mass is 35.5. The minimum atomic E-state index is 0.00612. The number of aromatic nitrogens is 2. The lowest BCUT2D eigenvalue weighted by molar-refractivity contribution is -0.137. The zero-order chi connectivity index (χ0) is 24.2. The zero-order valence-corrected chi connectivity index (χ0v) is 20.7. The van der Waals surface area contributed by atoms with Gasteiger partial charge in [-0.3, -0.25) is 9.69 Å². The van der Waals surface area contributed by atoms with E-state index in [1.807, 2.05) is 41.3 Å². The molecule has 1 atom stereocenters. The van der Waals surface area contributed by atoms with Gasteiger partial charge in [-0.15, -0.1) is 0 Å². The Kier molecular flexibility index (Phi) is 7.20. The van der Waals surface area contributed by atoms with Crippen molar-refractivity contribution < 1.29 is 14.1 Å². The summed E-state index contributed by atoms with van der Waals surface area (Å²) in [7, 11) is 1.67. The molecule has 3 aromatic rings. The van der Waals surface area contributed by atoms with E-state index < -0.39 is 0 Å². The molecule has 0 N–H and O–H groups in total. The zero-order valence-electron chi connectivity index (χ0n) is 19.9. The summed E-state index contributed by atoms with van der Waals surface area (Å²) in [5, 5.41) is 4.74. The number of carbonyl (C=O) groups is 1. The predicted octanol–water partition coefficient (Wildman–Crippen LogP) is 3.96. The first-order chi connectivity index (χ1) is 17.1. The largest absolute Gasteiger partial charge is 0.497 e. The first-order valence-corrected chi connectivity index (χ1v) is 12.5. The van der Waals surface area contributed by atoms with E-state index in [0.717, 1.165) is 56.9 Å². The molecule has 0 bridgehead atoms. The van der Waals surface area contributed by atoms with Gasteiger partial charge < -0.3 is 19.1 Å². The number of hydrogen-bond donors (Lipinski definition) is 0. The van der Waals surface area contributed by atoms with Crippen LogP contribution in [0.5, 0.6) is 5.75 Å². The fourth-order valence-electron chi connectivity index (χ4n) is 4.89. The summed E-state index contributed by atoms with van der Waals surface area (Å²) in [4.78, 5) is 24.4. The number of carbonyl (C=O) groups excluding carboxylic acids is 1. The lowest BCUT2D eigenvalue weighted by Crippen LogP contribution is -2.52. The number of rotatable bonds is 6. The molecule has 2 saturated heterocycles. The van der Waals surface area contributed by atoms with Crippen molar-refractivity contribution >= 4 is 23.2 Å². The van der Waals surface area contributed by atoms with Crippen LogP contribution in [0, 0.1) is 5.92 Å². The van der Waals surface area contributed by atoms with Crippen molar-refractivity contribution in [3.05, 3.63) is 59.4 Å². The molecule has 1 aromatic heterocycles. The molecule has 0 radical (unpaired) electrons. The summed E-state index contributed by atoms with van der Waals surface area (Å²) in [6.45, 7) is 5.34. The van der Waals surface area contributed by atoms with Crippen LogP contribution in [0.1, 0.15) is 18.7 Å². The number of nitrogens with zero attached hydrogens (tertiary/aromatic N) is 5. The number of likely N-dealkylation sites (tertiary alicyclic amines) is 1. The third kappa shape index (κ3) is 5.60. The van der Waals surface area contributed by atoms with Gasteiger partial charge in [0, 0.05) is 49.0 Å². The Morgan fingerprint density at radius 1 is 1.11 bits per heavy atom. The Morgan fingerprint density at radius 3 is 2.66 bits per heavy atom. The van der Waals surface area contributed by atoms with Crippen molar-refractivity contribution in [3.8, 4) is 17.1 Å². The molecule has 9 heteroatoms. The van der Waals surface area contributed by atoms with Gasteiger partial charge in [0.25, 0.3) is 0 Å². The van der Waals surface area contributed by atoms with E-state index in [2.05, 4.69) is 32.1 Å². The quantitative estimate of drug-likeness (QED) is 0.512. The smallest absolute Gasteiger partial charge is 0.241 e.